The Bertz CT molecular complexity index is 567. The molecule has 0 radical (unpaired) electrons. The third kappa shape index (κ3) is 9.00. The Morgan fingerprint density at radius 1 is 1.55 bits per heavy atom. The molecule has 0 bridgehead atoms. The number of aliphatic imine (C=N–C) groups is 1. The number of alkyl carbamates (subject to hydrolysis) is 1. The first-order chi connectivity index (χ1) is 10.4. The Hall–Kier alpha value is -1.14. The van der Waals surface area contributed by atoms with Crippen molar-refractivity contribution in [3.05, 3.63) is 23.7 Å². The normalized spacial score (nSPS) is 11.1. The van der Waals surface area contributed by atoms with Crippen LogP contribution < -0.4 is 5.32 Å². The van der Waals surface area contributed by atoms with Crippen molar-refractivity contribution in [1.82, 2.24) is 5.32 Å². The highest BCUT2D eigenvalue weighted by molar-refractivity contribution is 14.2. The van der Waals surface area contributed by atoms with E-state index in [2.05, 4.69) is 42.7 Å². The molecule has 0 aliphatic rings. The summed E-state index contributed by atoms with van der Waals surface area (Å²) in [7, 11) is 1.41. The average molecular weight is 434 g/mol. The molecule has 1 heterocycles. The van der Waals surface area contributed by atoms with Crippen LogP contribution in [-0.4, -0.2) is 31.0 Å². The number of rotatable bonds is 5. The Balaban J connectivity index is 2.21. The van der Waals surface area contributed by atoms with Crippen LogP contribution in [0.4, 0.5) is 4.79 Å². The second-order valence-electron chi connectivity index (χ2n) is 5.32. The van der Waals surface area contributed by atoms with Crippen LogP contribution in [0.2, 0.25) is 0 Å². The quantitative estimate of drug-likeness (QED) is 0.329. The summed E-state index contributed by atoms with van der Waals surface area (Å²) in [5.41, 5.74) is -0.474. The topological polar surface area (TPSA) is 63.8 Å². The van der Waals surface area contributed by atoms with Crippen molar-refractivity contribution in [2.75, 3.05) is 13.1 Å². The van der Waals surface area contributed by atoms with Gasteiger partial charge in [-0.15, -0.1) is 0 Å². The zero-order valence-corrected chi connectivity index (χ0v) is 15.8. The largest absolute Gasteiger partial charge is 0.447 e. The summed E-state index contributed by atoms with van der Waals surface area (Å²) < 4.78 is 10.6. The summed E-state index contributed by atoms with van der Waals surface area (Å²) in [4.78, 5) is 15.6. The number of ether oxygens (including phenoxy) is 1. The minimum Gasteiger partial charge on any atom is -0.447 e. The lowest BCUT2D eigenvalue weighted by molar-refractivity contribution is 0.0527. The van der Waals surface area contributed by atoms with Gasteiger partial charge in [0.1, 0.15) is 11.4 Å². The van der Waals surface area contributed by atoms with Crippen LogP contribution in [0, 0.1) is 11.2 Å². The summed E-state index contributed by atoms with van der Waals surface area (Å²) in [6.07, 6.45) is 1.99. The monoisotopic (exact) mass is 434 g/mol. The molecule has 1 aromatic heterocycles. The zero-order valence-electron chi connectivity index (χ0n) is 12.8. The van der Waals surface area contributed by atoms with Gasteiger partial charge >= 0.3 is 6.09 Å². The standard InChI is InChI=1S/C15H19IN2O3S/c1-15(2,3)21-14(19)18-9-4-8-17-11-13-6-5-12(20-13)7-10-22-16/h5-6,11H,4,8-9H2,1-3H3,(H,18,19)/b17-11-. The highest BCUT2D eigenvalue weighted by atomic mass is 127. The molecule has 5 nitrogen and oxygen atoms in total. The van der Waals surface area contributed by atoms with Crippen molar-refractivity contribution in [1.29, 1.82) is 0 Å². The van der Waals surface area contributed by atoms with Gasteiger partial charge in [-0.2, -0.15) is 0 Å². The van der Waals surface area contributed by atoms with Crippen molar-refractivity contribution in [2.45, 2.75) is 32.8 Å². The second kappa shape index (κ2) is 9.79. The van der Waals surface area contributed by atoms with Crippen molar-refractivity contribution in [3.8, 4) is 11.2 Å². The van der Waals surface area contributed by atoms with Gasteiger partial charge in [0.05, 0.1) is 6.21 Å². The van der Waals surface area contributed by atoms with E-state index in [0.717, 1.165) is 6.42 Å². The highest BCUT2D eigenvalue weighted by Gasteiger charge is 2.15. The zero-order chi connectivity index (χ0) is 16.4. The number of nitrogens with one attached hydrogen (secondary N) is 1. The number of hydrogen-bond acceptors (Lipinski definition) is 5. The van der Waals surface area contributed by atoms with E-state index in [-0.39, 0.29) is 0 Å². The van der Waals surface area contributed by atoms with Gasteiger partial charge in [-0.3, -0.25) is 4.99 Å². The van der Waals surface area contributed by atoms with E-state index < -0.39 is 11.7 Å². The molecule has 0 aromatic carbocycles. The van der Waals surface area contributed by atoms with E-state index >= 15 is 0 Å². The fourth-order valence-electron chi connectivity index (χ4n) is 1.39. The Morgan fingerprint density at radius 3 is 3.00 bits per heavy atom. The molecular weight excluding hydrogens is 415 g/mol. The number of carbonyl (C=O) groups is 1. The third-order valence-corrected chi connectivity index (χ3v) is 3.03. The minimum absolute atomic E-state index is 0.404. The molecule has 1 aromatic rings. The number of carbonyl (C=O) groups excluding carboxylic acids is 1. The third-order valence-electron chi connectivity index (χ3n) is 2.19. The van der Waals surface area contributed by atoms with E-state index in [1.165, 1.54) is 8.93 Å². The molecule has 0 aliphatic heterocycles. The van der Waals surface area contributed by atoms with Crippen molar-refractivity contribution in [2.24, 2.45) is 4.99 Å². The Labute approximate surface area is 147 Å². The molecule has 1 amide bonds. The molecule has 0 saturated heterocycles. The first-order valence-corrected chi connectivity index (χ1v) is 10.1. The summed E-state index contributed by atoms with van der Waals surface area (Å²) in [5, 5.41) is 5.54. The summed E-state index contributed by atoms with van der Waals surface area (Å²) >= 11 is 2.10. The maximum absolute atomic E-state index is 11.4. The van der Waals surface area contributed by atoms with Gasteiger partial charge in [-0.1, -0.05) is 0 Å². The molecule has 0 unspecified atom stereocenters. The summed E-state index contributed by atoms with van der Waals surface area (Å²) in [6, 6.07) is 3.63. The predicted molar refractivity (Wildman–Crippen MR) is 98.5 cm³/mol. The molecular formula is C15H19IN2O3S. The van der Waals surface area contributed by atoms with Crippen LogP contribution in [0.5, 0.6) is 0 Å². The lowest BCUT2D eigenvalue weighted by Crippen LogP contribution is -2.33. The molecule has 0 spiro atoms. The number of nitrogens with zero attached hydrogens (tertiary/aromatic N) is 1. The van der Waals surface area contributed by atoms with Gasteiger partial charge in [-0.25, -0.2) is 4.79 Å². The fraction of sp³-hybridized carbons (Fsp3) is 0.467. The molecule has 0 fully saturated rings. The van der Waals surface area contributed by atoms with Gasteiger partial charge in [0.25, 0.3) is 0 Å². The van der Waals surface area contributed by atoms with Crippen LogP contribution >= 0.6 is 30.1 Å². The summed E-state index contributed by atoms with van der Waals surface area (Å²) in [6.45, 7) is 6.61. The number of halogens is 1. The molecule has 7 heteroatoms. The van der Waals surface area contributed by atoms with Crippen LogP contribution in [0.25, 0.3) is 0 Å². The molecule has 1 rings (SSSR count). The van der Waals surface area contributed by atoms with Gasteiger partial charge in [0.2, 0.25) is 0 Å². The van der Waals surface area contributed by atoms with E-state index in [1.54, 1.807) is 6.21 Å². The van der Waals surface area contributed by atoms with Crippen molar-refractivity contribution in [3.63, 3.8) is 0 Å². The SMILES string of the molecule is CC(C)(C)OC(=O)NCCC/N=C\c1ccc(C#CSI)o1. The van der Waals surface area contributed by atoms with Crippen LogP contribution in [0.1, 0.15) is 38.7 Å². The Kier molecular flexibility index (Phi) is 8.42. The van der Waals surface area contributed by atoms with Gasteiger partial charge in [0.15, 0.2) is 5.76 Å². The van der Waals surface area contributed by atoms with E-state index in [0.29, 0.717) is 24.6 Å². The van der Waals surface area contributed by atoms with Crippen molar-refractivity contribution < 1.29 is 13.9 Å². The lowest BCUT2D eigenvalue weighted by Gasteiger charge is -2.19. The minimum atomic E-state index is -0.474. The maximum atomic E-state index is 11.4. The Morgan fingerprint density at radius 2 is 2.32 bits per heavy atom. The highest BCUT2D eigenvalue weighted by Crippen LogP contribution is 2.09. The number of amides is 1. The van der Waals surface area contributed by atoms with Crippen molar-refractivity contribution >= 4 is 42.4 Å². The first-order valence-electron chi connectivity index (χ1n) is 6.76. The predicted octanol–water partition coefficient (Wildman–Crippen LogP) is 4.01. The average Bonchev–Trinajstić information content (AvgIpc) is 2.86. The van der Waals surface area contributed by atoms with Gasteiger partial charge in [0, 0.05) is 34.3 Å². The van der Waals surface area contributed by atoms with Gasteiger partial charge < -0.3 is 14.5 Å². The molecule has 0 atom stereocenters. The van der Waals surface area contributed by atoms with Crippen LogP contribution in [-0.2, 0) is 4.74 Å². The molecule has 22 heavy (non-hydrogen) atoms. The molecule has 0 saturated carbocycles. The molecule has 1 N–H and O–H groups in total. The molecule has 120 valence electrons. The molecule has 0 aliphatic carbocycles. The smallest absolute Gasteiger partial charge is 0.407 e. The van der Waals surface area contributed by atoms with Crippen LogP contribution in [0.3, 0.4) is 0 Å². The van der Waals surface area contributed by atoms with E-state index in [1.807, 2.05) is 32.9 Å². The summed E-state index contributed by atoms with van der Waals surface area (Å²) in [5.74, 6) is 4.16. The first kappa shape index (κ1) is 18.9. The number of hydrogen-bond donors (Lipinski definition) is 1. The maximum Gasteiger partial charge on any atom is 0.407 e. The number of furan rings is 1. The van der Waals surface area contributed by atoms with E-state index in [4.69, 9.17) is 9.15 Å². The van der Waals surface area contributed by atoms with Crippen LogP contribution in [0.15, 0.2) is 21.5 Å². The second-order valence-corrected chi connectivity index (χ2v) is 7.00. The fourth-order valence-corrected chi connectivity index (χ4v) is 1.86. The van der Waals surface area contributed by atoms with Gasteiger partial charge in [-0.05, 0) is 59.4 Å². The van der Waals surface area contributed by atoms with E-state index in [9.17, 15) is 4.79 Å². The lowest BCUT2D eigenvalue weighted by atomic mass is 10.2.